The largest absolute Gasteiger partial charge is 0.359 e. The van der Waals surface area contributed by atoms with Crippen molar-refractivity contribution in [3.63, 3.8) is 0 Å². The van der Waals surface area contributed by atoms with Crippen LogP contribution >= 0.6 is 0 Å². The number of aryl methyl sites for hydroxylation is 2. The van der Waals surface area contributed by atoms with E-state index < -0.39 is 0 Å². The zero-order valence-corrected chi connectivity index (χ0v) is 13.9. The van der Waals surface area contributed by atoms with Gasteiger partial charge in [-0.1, -0.05) is 0 Å². The normalized spacial score (nSPS) is 17.4. The number of carbonyl (C=O) groups excluding carboxylic acids is 2. The van der Waals surface area contributed by atoms with E-state index in [9.17, 15) is 9.59 Å². The number of aromatic nitrogens is 2. The van der Waals surface area contributed by atoms with Crippen molar-refractivity contribution in [3.8, 4) is 0 Å². The summed E-state index contributed by atoms with van der Waals surface area (Å²) < 4.78 is 0. The van der Waals surface area contributed by atoms with Crippen molar-refractivity contribution in [2.75, 3.05) is 20.1 Å². The highest BCUT2D eigenvalue weighted by molar-refractivity contribution is 5.84. The molecule has 0 spiro atoms. The monoisotopic (exact) mass is 306 g/mol. The Balaban J connectivity index is 1.94. The lowest BCUT2D eigenvalue weighted by molar-refractivity contribution is -0.134. The number of hydrogen-bond donors (Lipinski definition) is 2. The molecule has 1 aliphatic rings. The zero-order valence-electron chi connectivity index (χ0n) is 13.9. The Morgan fingerprint density at radius 2 is 2.00 bits per heavy atom. The summed E-state index contributed by atoms with van der Waals surface area (Å²) in [6.07, 6.45) is 2.36. The van der Waals surface area contributed by atoms with Gasteiger partial charge < -0.3 is 10.2 Å². The fraction of sp³-hybridized carbons (Fsp3) is 0.688. The van der Waals surface area contributed by atoms with Crippen molar-refractivity contribution >= 4 is 11.8 Å². The van der Waals surface area contributed by atoms with Gasteiger partial charge >= 0.3 is 0 Å². The minimum Gasteiger partial charge on any atom is -0.359 e. The molecule has 6 nitrogen and oxygen atoms in total. The van der Waals surface area contributed by atoms with Gasteiger partial charge in [-0.3, -0.25) is 14.7 Å². The molecule has 1 unspecified atom stereocenters. The minimum atomic E-state index is -0.172. The standard InChI is InChI=1S/C16H26N4O2/c1-10(15-11(2)18-19-12(15)3)16(22)20-7-5-13(6-8-20)9-14(21)17-4/h10,13H,5-9H2,1-4H3,(H,17,21)(H,18,19). The summed E-state index contributed by atoms with van der Waals surface area (Å²) in [6, 6.07) is 0. The number of carbonyl (C=O) groups is 2. The molecule has 0 bridgehead atoms. The number of nitrogens with one attached hydrogen (secondary N) is 2. The second kappa shape index (κ2) is 6.94. The SMILES string of the molecule is CNC(=O)CC1CCN(C(=O)C(C)c2c(C)n[nH]c2C)CC1. The van der Waals surface area contributed by atoms with Crippen LogP contribution in [0.2, 0.25) is 0 Å². The first kappa shape index (κ1) is 16.5. The van der Waals surface area contributed by atoms with Gasteiger partial charge in [-0.15, -0.1) is 0 Å². The lowest BCUT2D eigenvalue weighted by Crippen LogP contribution is -2.41. The number of hydrogen-bond acceptors (Lipinski definition) is 3. The van der Waals surface area contributed by atoms with Gasteiger partial charge in [-0.05, 0) is 39.5 Å². The Morgan fingerprint density at radius 3 is 2.50 bits per heavy atom. The first-order valence-corrected chi connectivity index (χ1v) is 7.94. The molecule has 1 aliphatic heterocycles. The van der Waals surface area contributed by atoms with Crippen LogP contribution in [0.25, 0.3) is 0 Å². The van der Waals surface area contributed by atoms with Crippen LogP contribution in [0.5, 0.6) is 0 Å². The predicted molar refractivity (Wildman–Crippen MR) is 84.5 cm³/mol. The average Bonchev–Trinajstić information content (AvgIpc) is 2.85. The summed E-state index contributed by atoms with van der Waals surface area (Å²) in [5.74, 6) is 0.458. The number of piperidine rings is 1. The van der Waals surface area contributed by atoms with E-state index in [-0.39, 0.29) is 17.7 Å². The van der Waals surface area contributed by atoms with Crippen LogP contribution in [0.1, 0.15) is 49.1 Å². The highest BCUT2D eigenvalue weighted by Gasteiger charge is 2.29. The smallest absolute Gasteiger partial charge is 0.229 e. The molecule has 1 saturated heterocycles. The van der Waals surface area contributed by atoms with Crippen molar-refractivity contribution in [1.29, 1.82) is 0 Å². The van der Waals surface area contributed by atoms with Gasteiger partial charge in [0.25, 0.3) is 0 Å². The maximum Gasteiger partial charge on any atom is 0.229 e. The van der Waals surface area contributed by atoms with Gasteiger partial charge in [0.15, 0.2) is 0 Å². The fourth-order valence-corrected chi connectivity index (χ4v) is 3.32. The molecular formula is C16H26N4O2. The summed E-state index contributed by atoms with van der Waals surface area (Å²) in [6.45, 7) is 7.30. The van der Waals surface area contributed by atoms with E-state index in [1.807, 2.05) is 25.7 Å². The Kier molecular flexibility index (Phi) is 5.21. The molecule has 0 aliphatic carbocycles. The number of rotatable bonds is 4. The van der Waals surface area contributed by atoms with Crippen LogP contribution < -0.4 is 5.32 Å². The summed E-state index contributed by atoms with van der Waals surface area (Å²) in [4.78, 5) is 26.1. The minimum absolute atomic E-state index is 0.0859. The van der Waals surface area contributed by atoms with Crippen LogP contribution in [-0.4, -0.2) is 47.0 Å². The second-order valence-electron chi connectivity index (χ2n) is 6.22. The molecule has 1 aromatic rings. The van der Waals surface area contributed by atoms with Gasteiger partial charge in [0, 0.05) is 37.8 Å². The Morgan fingerprint density at radius 1 is 1.36 bits per heavy atom. The molecule has 1 aromatic heterocycles. The molecule has 2 rings (SSSR count). The molecular weight excluding hydrogens is 280 g/mol. The number of nitrogens with zero attached hydrogens (tertiary/aromatic N) is 2. The van der Waals surface area contributed by atoms with Gasteiger partial charge in [0.2, 0.25) is 11.8 Å². The van der Waals surface area contributed by atoms with E-state index in [2.05, 4.69) is 15.5 Å². The molecule has 122 valence electrons. The number of amides is 2. The van der Waals surface area contributed by atoms with Crippen LogP contribution in [0.15, 0.2) is 0 Å². The first-order chi connectivity index (χ1) is 10.4. The molecule has 1 fully saturated rings. The molecule has 22 heavy (non-hydrogen) atoms. The van der Waals surface area contributed by atoms with Crippen molar-refractivity contribution < 1.29 is 9.59 Å². The van der Waals surface area contributed by atoms with E-state index in [0.717, 1.165) is 42.9 Å². The average molecular weight is 306 g/mol. The number of likely N-dealkylation sites (tertiary alicyclic amines) is 1. The lowest BCUT2D eigenvalue weighted by atomic mass is 9.91. The molecule has 6 heteroatoms. The lowest BCUT2D eigenvalue weighted by Gasteiger charge is -2.33. The van der Waals surface area contributed by atoms with Crippen LogP contribution in [-0.2, 0) is 9.59 Å². The summed E-state index contributed by atoms with van der Waals surface area (Å²) in [5.41, 5.74) is 2.87. The highest BCUT2D eigenvalue weighted by Crippen LogP contribution is 2.27. The second-order valence-corrected chi connectivity index (χ2v) is 6.22. The Hall–Kier alpha value is -1.85. The van der Waals surface area contributed by atoms with Gasteiger partial charge in [-0.25, -0.2) is 0 Å². The first-order valence-electron chi connectivity index (χ1n) is 7.94. The third-order valence-corrected chi connectivity index (χ3v) is 4.67. The van der Waals surface area contributed by atoms with E-state index >= 15 is 0 Å². The molecule has 0 aromatic carbocycles. The maximum absolute atomic E-state index is 12.7. The van der Waals surface area contributed by atoms with Crippen LogP contribution in [0.3, 0.4) is 0 Å². The topological polar surface area (TPSA) is 78.1 Å². The highest BCUT2D eigenvalue weighted by atomic mass is 16.2. The maximum atomic E-state index is 12.7. The molecule has 0 radical (unpaired) electrons. The fourth-order valence-electron chi connectivity index (χ4n) is 3.32. The van der Waals surface area contributed by atoms with E-state index in [1.54, 1.807) is 7.05 Å². The molecule has 2 heterocycles. The van der Waals surface area contributed by atoms with Crippen molar-refractivity contribution in [1.82, 2.24) is 20.4 Å². The summed E-state index contributed by atoms with van der Waals surface area (Å²) in [7, 11) is 1.66. The van der Waals surface area contributed by atoms with E-state index in [4.69, 9.17) is 0 Å². The Bertz CT molecular complexity index is 525. The third-order valence-electron chi connectivity index (χ3n) is 4.67. The molecule has 0 saturated carbocycles. The Labute approximate surface area is 131 Å². The molecule has 1 atom stereocenters. The van der Waals surface area contributed by atoms with Gasteiger partial charge in [-0.2, -0.15) is 5.10 Å². The van der Waals surface area contributed by atoms with Gasteiger partial charge in [0.1, 0.15) is 0 Å². The molecule has 2 N–H and O–H groups in total. The van der Waals surface area contributed by atoms with Gasteiger partial charge in [0.05, 0.1) is 11.6 Å². The zero-order chi connectivity index (χ0) is 16.3. The van der Waals surface area contributed by atoms with Crippen molar-refractivity contribution in [2.45, 2.75) is 46.0 Å². The van der Waals surface area contributed by atoms with Crippen molar-refractivity contribution in [2.24, 2.45) is 5.92 Å². The summed E-state index contributed by atoms with van der Waals surface area (Å²) >= 11 is 0. The summed E-state index contributed by atoms with van der Waals surface area (Å²) in [5, 5.41) is 9.79. The van der Waals surface area contributed by atoms with Crippen LogP contribution in [0.4, 0.5) is 0 Å². The van der Waals surface area contributed by atoms with E-state index in [1.165, 1.54) is 0 Å². The molecule has 2 amide bonds. The van der Waals surface area contributed by atoms with Crippen LogP contribution in [0, 0.1) is 19.8 Å². The predicted octanol–water partition coefficient (Wildman–Crippen LogP) is 1.50. The van der Waals surface area contributed by atoms with Crippen molar-refractivity contribution in [3.05, 3.63) is 17.0 Å². The quantitative estimate of drug-likeness (QED) is 0.885. The third kappa shape index (κ3) is 3.48. The number of H-pyrrole nitrogens is 1. The van der Waals surface area contributed by atoms with E-state index in [0.29, 0.717) is 12.3 Å². The number of aromatic amines is 1.